The van der Waals surface area contributed by atoms with E-state index in [1.54, 1.807) is 29.5 Å². The molecule has 0 radical (unpaired) electrons. The van der Waals surface area contributed by atoms with Crippen molar-refractivity contribution in [2.24, 2.45) is 0 Å². The number of carboxylic acids is 1. The summed E-state index contributed by atoms with van der Waals surface area (Å²) < 4.78 is 2.38. The molecule has 0 aliphatic carbocycles. The summed E-state index contributed by atoms with van der Waals surface area (Å²) >= 11 is 6.84. The highest BCUT2D eigenvalue weighted by Crippen LogP contribution is 2.23. The van der Waals surface area contributed by atoms with Gasteiger partial charge in [-0.1, -0.05) is 18.2 Å². The van der Waals surface area contributed by atoms with Crippen molar-refractivity contribution in [2.45, 2.75) is 6.54 Å². The first-order valence-corrected chi connectivity index (χ1v) is 7.45. The average Bonchev–Trinajstić information content (AvgIpc) is 3.10. The van der Waals surface area contributed by atoms with E-state index in [1.807, 2.05) is 28.1 Å². The van der Waals surface area contributed by atoms with Crippen LogP contribution in [0.3, 0.4) is 0 Å². The van der Waals surface area contributed by atoms with E-state index in [0.29, 0.717) is 11.3 Å². The maximum Gasteiger partial charge on any atom is 0.335 e. The van der Waals surface area contributed by atoms with Gasteiger partial charge in [0.1, 0.15) is 0 Å². The van der Waals surface area contributed by atoms with Crippen molar-refractivity contribution in [3.63, 3.8) is 0 Å². The van der Waals surface area contributed by atoms with E-state index in [0.717, 1.165) is 16.3 Å². The van der Waals surface area contributed by atoms with E-state index in [1.165, 1.54) is 0 Å². The third-order valence-electron chi connectivity index (χ3n) is 3.01. The molecular formula is C14H11N3O2S2. The molecule has 2 N–H and O–H groups in total. The Kier molecular flexibility index (Phi) is 3.68. The number of H-pyrrole nitrogens is 1. The van der Waals surface area contributed by atoms with Gasteiger partial charge in [-0.15, -0.1) is 11.3 Å². The summed E-state index contributed by atoms with van der Waals surface area (Å²) in [6, 6.07) is 10.7. The smallest absolute Gasteiger partial charge is 0.335 e. The van der Waals surface area contributed by atoms with Gasteiger partial charge >= 0.3 is 5.97 Å². The van der Waals surface area contributed by atoms with E-state index in [4.69, 9.17) is 17.3 Å². The van der Waals surface area contributed by atoms with Gasteiger partial charge in [0, 0.05) is 0 Å². The maximum atomic E-state index is 11.0. The van der Waals surface area contributed by atoms with Gasteiger partial charge in [-0.25, -0.2) is 4.79 Å². The fourth-order valence-electron chi connectivity index (χ4n) is 2.04. The number of nitrogens with one attached hydrogen (secondary N) is 1. The number of carboxylic acid groups (broad SMARTS) is 1. The van der Waals surface area contributed by atoms with E-state index in [2.05, 4.69) is 10.2 Å². The first-order valence-electron chi connectivity index (χ1n) is 6.16. The second kappa shape index (κ2) is 5.63. The van der Waals surface area contributed by atoms with Crippen molar-refractivity contribution in [3.8, 4) is 10.7 Å². The number of thiophene rings is 1. The van der Waals surface area contributed by atoms with Crippen molar-refractivity contribution in [2.75, 3.05) is 0 Å². The molecule has 0 bridgehead atoms. The molecule has 5 nitrogen and oxygen atoms in total. The quantitative estimate of drug-likeness (QED) is 0.723. The summed E-state index contributed by atoms with van der Waals surface area (Å²) in [6.07, 6.45) is 0. The molecule has 0 aliphatic heterocycles. The number of benzene rings is 1. The minimum Gasteiger partial charge on any atom is -0.478 e. The van der Waals surface area contributed by atoms with Crippen LogP contribution in [0.4, 0.5) is 0 Å². The zero-order valence-corrected chi connectivity index (χ0v) is 12.4. The molecule has 3 aromatic rings. The molecule has 0 fully saturated rings. The third kappa shape index (κ3) is 2.79. The standard InChI is InChI=1S/C14H11N3O2S2/c18-13(19)10-4-1-3-9(7-10)8-17-12(15-16-14(17)20)11-5-2-6-21-11/h1-7H,8H2,(H,16,20)(H,18,19). The molecule has 7 heteroatoms. The highest BCUT2D eigenvalue weighted by molar-refractivity contribution is 7.71. The molecule has 0 saturated heterocycles. The summed E-state index contributed by atoms with van der Waals surface area (Å²) in [4.78, 5) is 12.0. The van der Waals surface area contributed by atoms with Crippen LogP contribution in [0.25, 0.3) is 10.7 Å². The maximum absolute atomic E-state index is 11.0. The summed E-state index contributed by atoms with van der Waals surface area (Å²) in [6.45, 7) is 0.476. The highest BCUT2D eigenvalue weighted by Gasteiger charge is 2.11. The van der Waals surface area contributed by atoms with Crippen molar-refractivity contribution in [1.82, 2.24) is 14.8 Å². The molecule has 0 atom stereocenters. The lowest BCUT2D eigenvalue weighted by atomic mass is 10.1. The predicted molar refractivity (Wildman–Crippen MR) is 83.2 cm³/mol. The Hall–Kier alpha value is -2.25. The number of nitrogens with zero attached hydrogens (tertiary/aromatic N) is 2. The van der Waals surface area contributed by atoms with Gasteiger partial charge in [-0.3, -0.25) is 9.67 Å². The Morgan fingerprint density at radius 3 is 2.95 bits per heavy atom. The molecule has 1 aromatic carbocycles. The molecule has 106 valence electrons. The molecule has 0 aliphatic rings. The van der Waals surface area contributed by atoms with Gasteiger partial charge in [0.15, 0.2) is 10.6 Å². The number of aromatic nitrogens is 3. The SMILES string of the molecule is O=C(O)c1cccc(Cn2c(-c3cccs3)n[nH]c2=S)c1. The minimum absolute atomic E-state index is 0.264. The Labute approximate surface area is 129 Å². The second-order valence-electron chi connectivity index (χ2n) is 4.42. The van der Waals surface area contributed by atoms with Crippen LogP contribution in [-0.2, 0) is 6.54 Å². The van der Waals surface area contributed by atoms with E-state index in [-0.39, 0.29) is 5.56 Å². The topological polar surface area (TPSA) is 70.9 Å². The first-order chi connectivity index (χ1) is 10.1. The predicted octanol–water partition coefficient (Wildman–Crippen LogP) is 3.42. The van der Waals surface area contributed by atoms with Crippen LogP contribution in [-0.4, -0.2) is 25.8 Å². The van der Waals surface area contributed by atoms with Crippen molar-refractivity contribution in [1.29, 1.82) is 0 Å². The largest absolute Gasteiger partial charge is 0.478 e. The third-order valence-corrected chi connectivity index (χ3v) is 4.19. The van der Waals surface area contributed by atoms with Gasteiger partial charge in [0.05, 0.1) is 17.0 Å². The van der Waals surface area contributed by atoms with E-state index >= 15 is 0 Å². The molecule has 3 rings (SSSR count). The van der Waals surface area contributed by atoms with Crippen LogP contribution >= 0.6 is 23.6 Å². The van der Waals surface area contributed by atoms with Crippen LogP contribution in [0.5, 0.6) is 0 Å². The van der Waals surface area contributed by atoms with E-state index < -0.39 is 5.97 Å². The Bertz CT molecular complexity index is 834. The molecular weight excluding hydrogens is 306 g/mol. The average molecular weight is 317 g/mol. The summed E-state index contributed by atoms with van der Waals surface area (Å²) in [5.74, 6) is -0.179. The van der Waals surface area contributed by atoms with Crippen LogP contribution < -0.4 is 0 Å². The summed E-state index contributed by atoms with van der Waals surface area (Å²) in [5.41, 5.74) is 1.13. The summed E-state index contributed by atoms with van der Waals surface area (Å²) in [7, 11) is 0. The molecule has 2 aromatic heterocycles. The minimum atomic E-state index is -0.939. The Morgan fingerprint density at radius 1 is 1.38 bits per heavy atom. The summed E-state index contributed by atoms with van der Waals surface area (Å²) in [5, 5.41) is 18.1. The number of aromatic amines is 1. The number of carbonyl (C=O) groups is 1. The van der Waals surface area contributed by atoms with Gasteiger partial charge in [-0.05, 0) is 41.4 Å². The zero-order chi connectivity index (χ0) is 14.8. The molecule has 2 heterocycles. The number of aromatic carboxylic acids is 1. The van der Waals surface area contributed by atoms with Crippen LogP contribution in [0.1, 0.15) is 15.9 Å². The van der Waals surface area contributed by atoms with Gasteiger partial charge < -0.3 is 5.11 Å². The second-order valence-corrected chi connectivity index (χ2v) is 5.76. The van der Waals surface area contributed by atoms with Gasteiger partial charge in [0.25, 0.3) is 0 Å². The van der Waals surface area contributed by atoms with Crippen LogP contribution in [0, 0.1) is 4.77 Å². The van der Waals surface area contributed by atoms with E-state index in [9.17, 15) is 4.79 Å². The lowest BCUT2D eigenvalue weighted by Crippen LogP contribution is -2.04. The van der Waals surface area contributed by atoms with Crippen molar-refractivity contribution in [3.05, 3.63) is 57.7 Å². The lowest BCUT2D eigenvalue weighted by molar-refractivity contribution is 0.0696. The number of rotatable bonds is 4. The molecule has 0 saturated carbocycles. The van der Waals surface area contributed by atoms with Crippen LogP contribution in [0.15, 0.2) is 41.8 Å². The fraction of sp³-hybridized carbons (Fsp3) is 0.0714. The lowest BCUT2D eigenvalue weighted by Gasteiger charge is -2.06. The molecule has 0 amide bonds. The van der Waals surface area contributed by atoms with Crippen molar-refractivity contribution < 1.29 is 9.90 Å². The zero-order valence-electron chi connectivity index (χ0n) is 10.8. The number of hydrogen-bond acceptors (Lipinski definition) is 4. The first kappa shape index (κ1) is 13.7. The number of hydrogen-bond donors (Lipinski definition) is 2. The van der Waals surface area contributed by atoms with Crippen LogP contribution in [0.2, 0.25) is 0 Å². The Balaban J connectivity index is 1.99. The van der Waals surface area contributed by atoms with Gasteiger partial charge in [-0.2, -0.15) is 5.10 Å². The molecule has 21 heavy (non-hydrogen) atoms. The van der Waals surface area contributed by atoms with Gasteiger partial charge in [0.2, 0.25) is 0 Å². The highest BCUT2D eigenvalue weighted by atomic mass is 32.1. The molecule has 0 unspecified atom stereocenters. The Morgan fingerprint density at radius 2 is 2.24 bits per heavy atom. The monoisotopic (exact) mass is 317 g/mol. The fourth-order valence-corrected chi connectivity index (χ4v) is 2.96. The normalized spacial score (nSPS) is 10.7. The molecule has 0 spiro atoms. The van der Waals surface area contributed by atoms with Crippen molar-refractivity contribution >= 4 is 29.5 Å².